The van der Waals surface area contributed by atoms with Gasteiger partial charge in [-0.05, 0) is 31.7 Å². The van der Waals surface area contributed by atoms with E-state index in [9.17, 15) is 0 Å². The van der Waals surface area contributed by atoms with E-state index >= 15 is 0 Å². The van der Waals surface area contributed by atoms with Crippen molar-refractivity contribution in [2.75, 3.05) is 0 Å². The third kappa shape index (κ3) is 1.98. The molecule has 1 fully saturated rings. The molecule has 78 valence electrons. The summed E-state index contributed by atoms with van der Waals surface area (Å²) in [6.45, 7) is 2.96. The summed E-state index contributed by atoms with van der Waals surface area (Å²) in [5.41, 5.74) is 7.39. The van der Waals surface area contributed by atoms with Crippen molar-refractivity contribution in [1.82, 2.24) is 9.78 Å². The minimum atomic E-state index is 0.288. The molecule has 1 unspecified atom stereocenters. The number of rotatable bonds is 3. The van der Waals surface area contributed by atoms with Crippen LogP contribution in [0.4, 0.5) is 0 Å². The summed E-state index contributed by atoms with van der Waals surface area (Å²) in [7, 11) is 0. The predicted octanol–water partition coefficient (Wildman–Crippen LogP) is 1.71. The van der Waals surface area contributed by atoms with E-state index < -0.39 is 0 Å². The van der Waals surface area contributed by atoms with Gasteiger partial charge in [0.2, 0.25) is 0 Å². The molecule has 3 nitrogen and oxygen atoms in total. The van der Waals surface area contributed by atoms with Crippen molar-refractivity contribution in [3.8, 4) is 0 Å². The smallest absolute Gasteiger partial charge is 0.0566 e. The summed E-state index contributed by atoms with van der Waals surface area (Å²) in [5, 5.41) is 4.26. The summed E-state index contributed by atoms with van der Waals surface area (Å²) in [6.07, 6.45) is 7.17. The van der Waals surface area contributed by atoms with Crippen LogP contribution in [0, 0.1) is 12.8 Å². The highest BCUT2D eigenvalue weighted by Gasteiger charge is 2.22. The molecule has 1 saturated carbocycles. The molecule has 1 aliphatic carbocycles. The number of nitrogens with two attached hydrogens (primary N) is 1. The van der Waals surface area contributed by atoms with E-state index in [2.05, 4.69) is 12.0 Å². The number of nitrogens with zero attached hydrogens (tertiary/aromatic N) is 2. The Morgan fingerprint density at radius 3 is 2.86 bits per heavy atom. The fraction of sp³-hybridized carbons (Fsp3) is 0.727. The summed E-state index contributed by atoms with van der Waals surface area (Å²) < 4.78 is 2.02. The second kappa shape index (κ2) is 4.13. The lowest BCUT2D eigenvalue weighted by Crippen LogP contribution is -2.33. The van der Waals surface area contributed by atoms with Crippen LogP contribution in [0.3, 0.4) is 0 Å². The van der Waals surface area contributed by atoms with Gasteiger partial charge in [0.05, 0.1) is 6.54 Å². The Bertz CT molecular complexity index is 286. The molecule has 1 atom stereocenters. The maximum Gasteiger partial charge on any atom is 0.0566 e. The zero-order valence-corrected chi connectivity index (χ0v) is 8.82. The fourth-order valence-electron chi connectivity index (χ4n) is 2.32. The highest BCUT2D eigenvalue weighted by Crippen LogP contribution is 2.27. The predicted molar refractivity (Wildman–Crippen MR) is 56.9 cm³/mol. The normalized spacial score (nSPS) is 20.1. The fourth-order valence-corrected chi connectivity index (χ4v) is 2.32. The van der Waals surface area contributed by atoms with Gasteiger partial charge in [0.15, 0.2) is 0 Å². The third-order valence-corrected chi connectivity index (χ3v) is 3.32. The zero-order valence-electron chi connectivity index (χ0n) is 8.82. The van der Waals surface area contributed by atoms with Crippen molar-refractivity contribution in [3.05, 3.63) is 18.0 Å². The lowest BCUT2D eigenvalue weighted by atomic mass is 9.99. The average Bonchev–Trinajstić information content (AvgIpc) is 2.77. The third-order valence-electron chi connectivity index (χ3n) is 3.32. The first-order valence-corrected chi connectivity index (χ1v) is 5.51. The number of hydrogen-bond donors (Lipinski definition) is 1. The van der Waals surface area contributed by atoms with Crippen molar-refractivity contribution in [1.29, 1.82) is 0 Å². The molecule has 3 heteroatoms. The van der Waals surface area contributed by atoms with Gasteiger partial charge in [-0.3, -0.25) is 4.68 Å². The Morgan fingerprint density at radius 1 is 1.57 bits per heavy atom. The van der Waals surface area contributed by atoms with E-state index in [0.717, 1.165) is 12.5 Å². The van der Waals surface area contributed by atoms with Gasteiger partial charge < -0.3 is 5.73 Å². The van der Waals surface area contributed by atoms with Gasteiger partial charge in [-0.1, -0.05) is 12.8 Å². The molecule has 14 heavy (non-hydrogen) atoms. The molecular weight excluding hydrogens is 174 g/mol. The van der Waals surface area contributed by atoms with E-state index in [-0.39, 0.29) is 6.04 Å². The van der Waals surface area contributed by atoms with Gasteiger partial charge in [-0.25, -0.2) is 0 Å². The first-order valence-electron chi connectivity index (χ1n) is 5.51. The molecule has 1 heterocycles. The minimum absolute atomic E-state index is 0.288. The summed E-state index contributed by atoms with van der Waals surface area (Å²) in [4.78, 5) is 0. The Morgan fingerprint density at radius 2 is 2.29 bits per heavy atom. The van der Waals surface area contributed by atoms with Gasteiger partial charge in [-0.2, -0.15) is 5.10 Å². The van der Waals surface area contributed by atoms with Crippen molar-refractivity contribution in [3.63, 3.8) is 0 Å². The first-order chi connectivity index (χ1) is 6.77. The quantitative estimate of drug-likeness (QED) is 0.794. The first kappa shape index (κ1) is 9.71. The molecule has 1 aromatic rings. The van der Waals surface area contributed by atoms with Crippen LogP contribution in [0.25, 0.3) is 0 Å². The maximum atomic E-state index is 6.18. The molecule has 0 spiro atoms. The molecule has 2 rings (SSSR count). The van der Waals surface area contributed by atoms with E-state index in [4.69, 9.17) is 5.73 Å². The zero-order chi connectivity index (χ0) is 9.97. The summed E-state index contributed by atoms with van der Waals surface area (Å²) in [6, 6.07) is 2.32. The van der Waals surface area contributed by atoms with Crippen molar-refractivity contribution >= 4 is 0 Å². The lowest BCUT2D eigenvalue weighted by Gasteiger charge is -2.19. The Balaban J connectivity index is 1.93. The van der Waals surface area contributed by atoms with Gasteiger partial charge in [0, 0.05) is 17.9 Å². The van der Waals surface area contributed by atoms with Crippen LogP contribution in [0.1, 0.15) is 31.4 Å². The molecule has 1 aliphatic rings. The van der Waals surface area contributed by atoms with Gasteiger partial charge in [0.25, 0.3) is 0 Å². The Labute approximate surface area is 85.3 Å². The van der Waals surface area contributed by atoms with Crippen LogP contribution in [0.15, 0.2) is 12.3 Å². The van der Waals surface area contributed by atoms with Crippen LogP contribution in [-0.2, 0) is 6.54 Å². The molecule has 2 N–H and O–H groups in total. The van der Waals surface area contributed by atoms with Gasteiger partial charge in [0.1, 0.15) is 0 Å². The molecule has 0 bridgehead atoms. The standard InChI is InChI=1S/C11H19N3/c1-9-6-7-13-14(9)8-11(12)10-4-2-3-5-10/h6-7,10-11H,2-5,8,12H2,1H3. The van der Waals surface area contributed by atoms with Crippen LogP contribution >= 0.6 is 0 Å². The van der Waals surface area contributed by atoms with E-state index in [0.29, 0.717) is 0 Å². The molecule has 0 saturated heterocycles. The van der Waals surface area contributed by atoms with E-state index in [1.165, 1.54) is 31.4 Å². The van der Waals surface area contributed by atoms with Crippen molar-refractivity contribution < 1.29 is 0 Å². The molecule has 0 aromatic carbocycles. The second-order valence-electron chi connectivity index (χ2n) is 4.36. The van der Waals surface area contributed by atoms with Crippen molar-refractivity contribution in [2.24, 2.45) is 11.7 Å². The monoisotopic (exact) mass is 193 g/mol. The van der Waals surface area contributed by atoms with E-state index in [1.807, 2.05) is 16.9 Å². The van der Waals surface area contributed by atoms with Crippen LogP contribution in [0.2, 0.25) is 0 Å². The second-order valence-corrected chi connectivity index (χ2v) is 4.36. The Kier molecular flexibility index (Phi) is 2.87. The Hall–Kier alpha value is -0.830. The van der Waals surface area contributed by atoms with Crippen LogP contribution in [0.5, 0.6) is 0 Å². The molecule has 0 aliphatic heterocycles. The van der Waals surface area contributed by atoms with Crippen molar-refractivity contribution in [2.45, 2.75) is 45.2 Å². The highest BCUT2D eigenvalue weighted by molar-refractivity contribution is 4.97. The lowest BCUT2D eigenvalue weighted by molar-refractivity contribution is 0.370. The van der Waals surface area contributed by atoms with Gasteiger partial charge >= 0.3 is 0 Å². The minimum Gasteiger partial charge on any atom is -0.326 e. The SMILES string of the molecule is Cc1ccnn1CC(N)C1CCCC1. The largest absolute Gasteiger partial charge is 0.326 e. The molecule has 1 aromatic heterocycles. The topological polar surface area (TPSA) is 43.8 Å². The van der Waals surface area contributed by atoms with Gasteiger partial charge in [-0.15, -0.1) is 0 Å². The molecule has 0 radical (unpaired) electrons. The average molecular weight is 193 g/mol. The molecule has 0 amide bonds. The summed E-state index contributed by atoms with van der Waals surface area (Å²) >= 11 is 0. The van der Waals surface area contributed by atoms with E-state index in [1.54, 1.807) is 0 Å². The molecular formula is C11H19N3. The number of aromatic nitrogens is 2. The van der Waals surface area contributed by atoms with Crippen LogP contribution in [-0.4, -0.2) is 15.8 Å². The number of hydrogen-bond acceptors (Lipinski definition) is 2. The highest BCUT2D eigenvalue weighted by atomic mass is 15.3. The van der Waals surface area contributed by atoms with Crippen LogP contribution < -0.4 is 5.73 Å². The maximum absolute atomic E-state index is 6.18. The summed E-state index contributed by atoms with van der Waals surface area (Å²) in [5.74, 6) is 0.721. The number of aryl methyl sites for hydroxylation is 1.